The zero-order chi connectivity index (χ0) is 14.5. The highest BCUT2D eigenvalue weighted by molar-refractivity contribution is 8.77. The molecule has 8 heteroatoms. The average Bonchev–Trinajstić information content (AvgIpc) is 2.94. The van der Waals surface area contributed by atoms with Crippen LogP contribution in [0.5, 0.6) is 11.5 Å². The predicted octanol–water partition coefficient (Wildman–Crippen LogP) is 0.435. The molecule has 6 N–H and O–H groups in total. The number of fused-ring (bicyclic) bond motifs is 1. The van der Waals surface area contributed by atoms with Gasteiger partial charge in [-0.05, 0) is 17.7 Å². The molecule has 0 aliphatic carbocycles. The summed E-state index contributed by atoms with van der Waals surface area (Å²) in [7, 11) is 2.77. The highest BCUT2D eigenvalue weighted by atomic mass is 33.1. The number of ether oxygens (including phenoxy) is 2. The van der Waals surface area contributed by atoms with Gasteiger partial charge in [-0.25, -0.2) is 0 Å². The maximum Gasteiger partial charge on any atom is 0.231 e. The van der Waals surface area contributed by atoms with Crippen LogP contribution in [-0.2, 0) is 0 Å². The maximum atomic E-state index is 9.30. The van der Waals surface area contributed by atoms with Gasteiger partial charge in [0.2, 0.25) is 6.79 Å². The molecule has 112 valence electrons. The highest BCUT2D eigenvalue weighted by Gasteiger charge is 2.24. The quantitative estimate of drug-likeness (QED) is 0.423. The van der Waals surface area contributed by atoms with Crippen LogP contribution >= 0.6 is 21.6 Å². The molecule has 6 nitrogen and oxygen atoms in total. The van der Waals surface area contributed by atoms with E-state index in [4.69, 9.17) is 26.0 Å². The SMILES string of the molecule is NC(CO)SSC(c1ccc2c(c1)OCO2)C(N)CO. The summed E-state index contributed by atoms with van der Waals surface area (Å²) in [6.45, 7) is -0.0340. The van der Waals surface area contributed by atoms with E-state index in [2.05, 4.69) is 0 Å². The number of hydrogen-bond donors (Lipinski definition) is 4. The third-order valence-electron chi connectivity index (χ3n) is 2.79. The Kier molecular flexibility index (Phi) is 5.82. The van der Waals surface area contributed by atoms with Crippen LogP contribution in [-0.4, -0.2) is 41.6 Å². The molecule has 1 aromatic carbocycles. The molecule has 3 atom stereocenters. The molecule has 0 amide bonds. The van der Waals surface area contributed by atoms with Gasteiger partial charge in [0, 0.05) is 6.04 Å². The summed E-state index contributed by atoms with van der Waals surface area (Å²) in [5.41, 5.74) is 12.6. The summed E-state index contributed by atoms with van der Waals surface area (Å²) in [5.74, 6) is 1.38. The van der Waals surface area contributed by atoms with Gasteiger partial charge in [0.1, 0.15) is 0 Å². The normalized spacial score (nSPS) is 17.8. The van der Waals surface area contributed by atoms with E-state index >= 15 is 0 Å². The second-order valence-corrected chi connectivity index (χ2v) is 6.95. The average molecular weight is 318 g/mol. The minimum Gasteiger partial charge on any atom is -0.454 e. The van der Waals surface area contributed by atoms with E-state index in [0.717, 1.165) is 5.56 Å². The smallest absolute Gasteiger partial charge is 0.231 e. The Morgan fingerprint density at radius 3 is 2.55 bits per heavy atom. The number of hydrogen-bond acceptors (Lipinski definition) is 8. The Morgan fingerprint density at radius 1 is 1.10 bits per heavy atom. The number of benzene rings is 1. The third kappa shape index (κ3) is 3.72. The molecule has 0 saturated heterocycles. The van der Waals surface area contributed by atoms with E-state index in [0.29, 0.717) is 11.5 Å². The molecule has 1 aromatic rings. The van der Waals surface area contributed by atoms with Crippen LogP contribution in [0.15, 0.2) is 18.2 Å². The fraction of sp³-hybridized carbons (Fsp3) is 0.500. The van der Waals surface area contributed by atoms with Crippen molar-refractivity contribution in [3.63, 3.8) is 0 Å². The van der Waals surface area contributed by atoms with Crippen LogP contribution in [0, 0.1) is 0 Å². The van der Waals surface area contributed by atoms with Gasteiger partial charge < -0.3 is 31.2 Å². The molecule has 2 rings (SSSR count). The van der Waals surface area contributed by atoms with Crippen LogP contribution in [0.1, 0.15) is 10.8 Å². The van der Waals surface area contributed by atoms with E-state index in [1.165, 1.54) is 21.6 Å². The van der Waals surface area contributed by atoms with Crippen molar-refractivity contribution in [2.24, 2.45) is 11.5 Å². The Morgan fingerprint density at radius 2 is 1.85 bits per heavy atom. The van der Waals surface area contributed by atoms with Gasteiger partial charge in [-0.3, -0.25) is 0 Å². The zero-order valence-electron chi connectivity index (χ0n) is 10.8. The first-order valence-electron chi connectivity index (χ1n) is 6.10. The Bertz CT molecular complexity index is 449. The summed E-state index contributed by atoms with van der Waals surface area (Å²) in [6, 6.07) is 5.15. The zero-order valence-corrected chi connectivity index (χ0v) is 12.4. The first-order chi connectivity index (χ1) is 9.65. The Balaban J connectivity index is 2.13. The van der Waals surface area contributed by atoms with Gasteiger partial charge in [-0.1, -0.05) is 27.7 Å². The van der Waals surface area contributed by atoms with Crippen molar-refractivity contribution in [3.05, 3.63) is 23.8 Å². The number of aliphatic hydroxyl groups excluding tert-OH is 2. The number of aliphatic hydroxyl groups is 2. The van der Waals surface area contributed by atoms with Crippen LogP contribution in [0.25, 0.3) is 0 Å². The minimum absolute atomic E-state index is 0.111. The van der Waals surface area contributed by atoms with Gasteiger partial charge in [-0.15, -0.1) is 0 Å². The molecule has 1 aliphatic heterocycles. The topological polar surface area (TPSA) is 111 Å². The standard InChI is InChI=1S/C12H18N2O4S2/c13-8(4-15)12(20-19-11(14)5-16)7-1-2-9-10(3-7)18-6-17-9/h1-3,8,11-12,15-16H,4-6,13-14H2. The molecule has 0 spiro atoms. The van der Waals surface area contributed by atoms with Gasteiger partial charge >= 0.3 is 0 Å². The first kappa shape index (κ1) is 15.7. The van der Waals surface area contributed by atoms with Crippen molar-refractivity contribution < 1.29 is 19.7 Å². The van der Waals surface area contributed by atoms with E-state index in [9.17, 15) is 5.11 Å². The first-order valence-corrected chi connectivity index (χ1v) is 8.38. The second kappa shape index (κ2) is 7.39. The van der Waals surface area contributed by atoms with Crippen molar-refractivity contribution >= 4 is 21.6 Å². The van der Waals surface area contributed by atoms with Crippen molar-refractivity contribution in [1.29, 1.82) is 0 Å². The lowest BCUT2D eigenvalue weighted by Crippen LogP contribution is -2.30. The number of rotatable bonds is 7. The Hall–Kier alpha value is -0.640. The van der Waals surface area contributed by atoms with Gasteiger partial charge in [0.15, 0.2) is 11.5 Å². The lowest BCUT2D eigenvalue weighted by Gasteiger charge is -2.23. The summed E-state index contributed by atoms with van der Waals surface area (Å²) < 4.78 is 10.6. The lowest BCUT2D eigenvalue weighted by molar-refractivity contribution is 0.174. The van der Waals surface area contributed by atoms with Crippen molar-refractivity contribution in [1.82, 2.24) is 0 Å². The van der Waals surface area contributed by atoms with Crippen LogP contribution < -0.4 is 20.9 Å². The summed E-state index contributed by atoms with van der Waals surface area (Å²) in [4.78, 5) is 0. The molecule has 0 bridgehead atoms. The Labute approximate surface area is 125 Å². The summed E-state index contributed by atoms with van der Waals surface area (Å²) >= 11 is 0. The highest BCUT2D eigenvalue weighted by Crippen LogP contribution is 2.44. The van der Waals surface area contributed by atoms with E-state index in [1.807, 2.05) is 18.2 Å². The van der Waals surface area contributed by atoms with Crippen LogP contribution in [0.4, 0.5) is 0 Å². The van der Waals surface area contributed by atoms with Crippen LogP contribution in [0.3, 0.4) is 0 Å². The second-order valence-electron chi connectivity index (χ2n) is 4.29. The lowest BCUT2D eigenvalue weighted by atomic mass is 10.1. The molecule has 0 radical (unpaired) electrons. The molecule has 0 fully saturated rings. The summed E-state index contributed by atoms with van der Waals surface area (Å²) in [6.07, 6.45) is 0. The minimum atomic E-state index is -0.432. The molecule has 1 heterocycles. The maximum absolute atomic E-state index is 9.30. The van der Waals surface area contributed by atoms with Gasteiger partial charge in [0.25, 0.3) is 0 Å². The fourth-order valence-corrected chi connectivity index (χ4v) is 4.26. The molecule has 3 unspecified atom stereocenters. The molecular formula is C12H18N2O4S2. The monoisotopic (exact) mass is 318 g/mol. The van der Waals surface area contributed by atoms with Crippen LogP contribution in [0.2, 0.25) is 0 Å². The van der Waals surface area contributed by atoms with E-state index < -0.39 is 6.04 Å². The van der Waals surface area contributed by atoms with Crippen molar-refractivity contribution in [2.45, 2.75) is 16.7 Å². The molecule has 1 aliphatic rings. The largest absolute Gasteiger partial charge is 0.454 e. The number of nitrogens with two attached hydrogens (primary N) is 2. The van der Waals surface area contributed by atoms with Crippen molar-refractivity contribution in [3.8, 4) is 11.5 Å². The van der Waals surface area contributed by atoms with Crippen molar-refractivity contribution in [2.75, 3.05) is 20.0 Å². The molecule has 0 aromatic heterocycles. The summed E-state index contributed by atoms with van der Waals surface area (Å²) in [5, 5.41) is 17.7. The van der Waals surface area contributed by atoms with Gasteiger partial charge in [0.05, 0.1) is 23.8 Å². The third-order valence-corrected chi connectivity index (χ3v) is 5.82. The molecule has 0 saturated carbocycles. The molecular weight excluding hydrogens is 300 g/mol. The molecule has 20 heavy (non-hydrogen) atoms. The van der Waals surface area contributed by atoms with Gasteiger partial charge in [-0.2, -0.15) is 0 Å². The van der Waals surface area contributed by atoms with E-state index in [1.54, 1.807) is 0 Å². The van der Waals surface area contributed by atoms with E-state index in [-0.39, 0.29) is 30.6 Å². The fourth-order valence-electron chi connectivity index (χ4n) is 1.72. The predicted molar refractivity (Wildman–Crippen MR) is 80.6 cm³/mol.